The molecule has 1 fully saturated rings. The van der Waals surface area contributed by atoms with Crippen LogP contribution in [0.4, 0.5) is 0 Å². The molecule has 1 rings (SSSR count). The Morgan fingerprint density at radius 2 is 1.94 bits per heavy atom. The van der Waals surface area contributed by atoms with Crippen LogP contribution in [0.3, 0.4) is 0 Å². The van der Waals surface area contributed by atoms with Gasteiger partial charge in [-0.05, 0) is 37.1 Å². The zero-order valence-electron chi connectivity index (χ0n) is 11.8. The zero-order chi connectivity index (χ0) is 13.4. The van der Waals surface area contributed by atoms with Crippen LogP contribution in [0.2, 0.25) is 0 Å². The summed E-state index contributed by atoms with van der Waals surface area (Å²) in [6.07, 6.45) is 3.12. The van der Waals surface area contributed by atoms with Crippen LogP contribution in [0, 0.1) is 17.8 Å². The summed E-state index contributed by atoms with van der Waals surface area (Å²) in [7, 11) is 0. The monoisotopic (exact) mass is 259 g/mol. The molecule has 0 spiro atoms. The molecule has 4 heteroatoms. The summed E-state index contributed by atoms with van der Waals surface area (Å²) in [6, 6.07) is 0. The fourth-order valence-electron chi connectivity index (χ4n) is 2.56. The van der Waals surface area contributed by atoms with Gasteiger partial charge in [0.15, 0.2) is 0 Å². The van der Waals surface area contributed by atoms with Crippen LogP contribution >= 0.6 is 0 Å². The van der Waals surface area contributed by atoms with Crippen molar-refractivity contribution in [2.24, 2.45) is 17.8 Å². The number of hydrogen-bond acceptors (Lipinski definition) is 4. The van der Waals surface area contributed by atoms with Gasteiger partial charge in [-0.2, -0.15) is 0 Å². The van der Waals surface area contributed by atoms with Crippen LogP contribution in [-0.2, 0) is 4.74 Å². The summed E-state index contributed by atoms with van der Waals surface area (Å²) in [5, 5.41) is 22.2. The van der Waals surface area contributed by atoms with Gasteiger partial charge in [-0.1, -0.05) is 20.3 Å². The quantitative estimate of drug-likeness (QED) is 0.578. The van der Waals surface area contributed by atoms with Gasteiger partial charge in [0.05, 0.1) is 12.7 Å². The van der Waals surface area contributed by atoms with Gasteiger partial charge >= 0.3 is 0 Å². The summed E-state index contributed by atoms with van der Waals surface area (Å²) in [5.41, 5.74) is 0. The van der Waals surface area contributed by atoms with Crippen molar-refractivity contribution < 1.29 is 14.9 Å². The molecular formula is C14H29NO3. The molecule has 0 bridgehead atoms. The normalized spacial score (nSPS) is 25.8. The molecule has 1 aliphatic carbocycles. The van der Waals surface area contributed by atoms with Gasteiger partial charge in [0, 0.05) is 19.8 Å². The molecule has 3 N–H and O–H groups in total. The van der Waals surface area contributed by atoms with E-state index in [1.165, 1.54) is 12.8 Å². The third-order valence-electron chi connectivity index (χ3n) is 3.60. The summed E-state index contributed by atoms with van der Waals surface area (Å²) < 4.78 is 5.39. The van der Waals surface area contributed by atoms with Crippen LogP contribution < -0.4 is 5.32 Å². The lowest BCUT2D eigenvalue weighted by molar-refractivity contribution is 0.0255. The minimum absolute atomic E-state index is 0.298. The first-order valence-corrected chi connectivity index (χ1v) is 7.20. The van der Waals surface area contributed by atoms with Gasteiger partial charge in [-0.25, -0.2) is 0 Å². The molecule has 1 saturated carbocycles. The Bertz CT molecular complexity index is 211. The number of rotatable bonds is 9. The van der Waals surface area contributed by atoms with Gasteiger partial charge in [-0.3, -0.25) is 0 Å². The fraction of sp³-hybridized carbons (Fsp3) is 1.00. The molecule has 1 aliphatic rings. The lowest BCUT2D eigenvalue weighted by atomic mass is 9.97. The first-order chi connectivity index (χ1) is 8.63. The third kappa shape index (κ3) is 6.14. The molecule has 3 unspecified atom stereocenters. The molecule has 4 nitrogen and oxygen atoms in total. The highest BCUT2D eigenvalue weighted by molar-refractivity contribution is 4.78. The highest BCUT2D eigenvalue weighted by Crippen LogP contribution is 2.30. The van der Waals surface area contributed by atoms with Crippen LogP contribution in [0.1, 0.15) is 33.1 Å². The summed E-state index contributed by atoms with van der Waals surface area (Å²) >= 11 is 0. The third-order valence-corrected chi connectivity index (χ3v) is 3.60. The second-order valence-corrected chi connectivity index (χ2v) is 5.88. The summed E-state index contributed by atoms with van der Waals surface area (Å²) in [6.45, 7) is 7.07. The number of aliphatic hydroxyl groups excluding tert-OH is 2. The predicted molar refractivity (Wildman–Crippen MR) is 72.5 cm³/mol. The van der Waals surface area contributed by atoms with Gasteiger partial charge in [-0.15, -0.1) is 0 Å². The number of ether oxygens (including phenoxy) is 1. The van der Waals surface area contributed by atoms with E-state index in [-0.39, 0.29) is 0 Å². The van der Waals surface area contributed by atoms with Gasteiger partial charge in [0.2, 0.25) is 0 Å². The Hall–Kier alpha value is -0.160. The molecule has 0 aliphatic heterocycles. The van der Waals surface area contributed by atoms with Crippen molar-refractivity contribution in [3.05, 3.63) is 0 Å². The molecule has 0 radical (unpaired) electrons. The van der Waals surface area contributed by atoms with Crippen molar-refractivity contribution in [2.45, 2.75) is 39.2 Å². The molecule has 0 heterocycles. The molecule has 0 saturated heterocycles. The molecule has 0 aromatic rings. The van der Waals surface area contributed by atoms with E-state index in [4.69, 9.17) is 4.74 Å². The van der Waals surface area contributed by atoms with E-state index in [1.807, 2.05) is 0 Å². The Morgan fingerprint density at radius 1 is 1.22 bits per heavy atom. The van der Waals surface area contributed by atoms with Gasteiger partial charge in [0.1, 0.15) is 0 Å². The Kier molecular flexibility index (Phi) is 7.82. The van der Waals surface area contributed by atoms with Gasteiger partial charge in [0.25, 0.3) is 0 Å². The van der Waals surface area contributed by atoms with E-state index in [0.717, 1.165) is 13.0 Å². The second-order valence-electron chi connectivity index (χ2n) is 5.88. The molecule has 3 atom stereocenters. The summed E-state index contributed by atoms with van der Waals surface area (Å²) in [4.78, 5) is 0. The van der Waals surface area contributed by atoms with Crippen LogP contribution in [-0.4, -0.2) is 49.2 Å². The minimum Gasteiger partial charge on any atom is -0.396 e. The highest BCUT2D eigenvalue weighted by Gasteiger charge is 2.26. The molecule has 0 aromatic carbocycles. The molecule has 108 valence electrons. The van der Waals surface area contributed by atoms with Crippen molar-refractivity contribution >= 4 is 0 Å². The molecule has 0 aromatic heterocycles. The van der Waals surface area contributed by atoms with E-state index in [0.29, 0.717) is 44.1 Å². The average molecular weight is 259 g/mol. The van der Waals surface area contributed by atoms with Gasteiger partial charge < -0.3 is 20.3 Å². The standard InChI is InChI=1S/C14H29NO3/c1-11(2)9-18-10-14(17)7-15-6-12-4-3-5-13(12)8-16/h11-17H,3-10H2,1-2H3. The van der Waals surface area contributed by atoms with Crippen molar-refractivity contribution in [3.8, 4) is 0 Å². The van der Waals surface area contributed by atoms with Crippen molar-refractivity contribution in [1.82, 2.24) is 5.32 Å². The van der Waals surface area contributed by atoms with Crippen molar-refractivity contribution in [1.29, 1.82) is 0 Å². The van der Waals surface area contributed by atoms with Crippen molar-refractivity contribution in [3.63, 3.8) is 0 Å². The van der Waals surface area contributed by atoms with Crippen LogP contribution in [0.15, 0.2) is 0 Å². The number of nitrogens with one attached hydrogen (secondary N) is 1. The minimum atomic E-state index is -0.433. The van der Waals surface area contributed by atoms with E-state index in [2.05, 4.69) is 19.2 Å². The Balaban J connectivity index is 2.02. The average Bonchev–Trinajstić information content (AvgIpc) is 2.76. The maximum atomic E-state index is 9.72. The highest BCUT2D eigenvalue weighted by atomic mass is 16.5. The maximum absolute atomic E-state index is 9.72. The maximum Gasteiger partial charge on any atom is 0.0897 e. The van der Waals surface area contributed by atoms with E-state index in [9.17, 15) is 10.2 Å². The predicted octanol–water partition coefficient (Wildman–Crippen LogP) is 1.02. The number of hydrogen-bond donors (Lipinski definition) is 3. The van der Waals surface area contributed by atoms with Crippen LogP contribution in [0.25, 0.3) is 0 Å². The Morgan fingerprint density at radius 3 is 2.61 bits per heavy atom. The van der Waals surface area contributed by atoms with Crippen LogP contribution in [0.5, 0.6) is 0 Å². The first-order valence-electron chi connectivity index (χ1n) is 7.20. The lowest BCUT2D eigenvalue weighted by Crippen LogP contribution is -2.35. The smallest absolute Gasteiger partial charge is 0.0897 e. The number of aliphatic hydroxyl groups is 2. The lowest BCUT2D eigenvalue weighted by Gasteiger charge is -2.19. The summed E-state index contributed by atoms with van der Waals surface area (Å²) in [5.74, 6) is 1.53. The molecular weight excluding hydrogens is 230 g/mol. The molecule has 0 amide bonds. The second kappa shape index (κ2) is 8.86. The molecule has 18 heavy (non-hydrogen) atoms. The van der Waals surface area contributed by atoms with E-state index >= 15 is 0 Å². The zero-order valence-corrected chi connectivity index (χ0v) is 11.8. The van der Waals surface area contributed by atoms with E-state index < -0.39 is 6.10 Å². The Labute approximate surface area is 111 Å². The SMILES string of the molecule is CC(C)COCC(O)CNCC1CCCC1CO. The topological polar surface area (TPSA) is 61.7 Å². The first kappa shape index (κ1) is 15.9. The van der Waals surface area contributed by atoms with Crippen molar-refractivity contribution in [2.75, 3.05) is 32.9 Å². The largest absolute Gasteiger partial charge is 0.396 e. The fourth-order valence-corrected chi connectivity index (χ4v) is 2.56. The van der Waals surface area contributed by atoms with E-state index in [1.54, 1.807) is 0 Å².